The molecule has 0 saturated carbocycles. The number of hydrogen-bond donors (Lipinski definition) is 0. The number of aromatic nitrogens is 3. The summed E-state index contributed by atoms with van der Waals surface area (Å²) >= 11 is 1.43. The lowest BCUT2D eigenvalue weighted by Crippen LogP contribution is -2.40. The molecule has 1 saturated heterocycles. The first-order valence-electron chi connectivity index (χ1n) is 9.73. The van der Waals surface area contributed by atoms with Gasteiger partial charge in [-0.2, -0.15) is 9.57 Å². The molecule has 0 unspecified atom stereocenters. The summed E-state index contributed by atoms with van der Waals surface area (Å²) in [6.07, 6.45) is 1.98. The number of thioether (sulfide) groups is 1. The van der Waals surface area contributed by atoms with Gasteiger partial charge >= 0.3 is 0 Å². The highest BCUT2D eigenvalue weighted by Gasteiger charge is 2.27. The lowest BCUT2D eigenvalue weighted by molar-refractivity contribution is 0.0730. The number of nitrogens with zero attached hydrogens (tertiary/aromatic N) is 5. The van der Waals surface area contributed by atoms with E-state index in [4.69, 9.17) is 14.4 Å². The number of nitriles is 1. The number of hydrogen-bond acceptors (Lipinski definition) is 8. The van der Waals surface area contributed by atoms with Gasteiger partial charge in [-0.3, -0.25) is 4.57 Å². The maximum absolute atomic E-state index is 13.1. The van der Waals surface area contributed by atoms with Crippen LogP contribution in [-0.2, 0) is 21.3 Å². The SMILES string of the molecule is N#CCCSc1nnc(-c2cccc(S(=O)(=O)N3CCOCC3)c2)n1Cc1ccco1. The molecule has 1 aliphatic heterocycles. The molecule has 3 heterocycles. The lowest BCUT2D eigenvalue weighted by atomic mass is 10.2. The first kappa shape index (κ1) is 21.6. The molecule has 3 aromatic rings. The third-order valence-corrected chi connectivity index (χ3v) is 7.62. The van der Waals surface area contributed by atoms with Crippen LogP contribution in [0.3, 0.4) is 0 Å². The number of morpholine rings is 1. The fourth-order valence-corrected chi connectivity index (χ4v) is 5.47. The quantitative estimate of drug-likeness (QED) is 0.373. The molecule has 0 spiro atoms. The second kappa shape index (κ2) is 9.65. The first-order valence-corrected chi connectivity index (χ1v) is 12.2. The van der Waals surface area contributed by atoms with Crippen LogP contribution in [0.2, 0.25) is 0 Å². The van der Waals surface area contributed by atoms with Crippen molar-refractivity contribution in [2.24, 2.45) is 0 Å². The molecular weight excluding hydrogens is 438 g/mol. The highest BCUT2D eigenvalue weighted by molar-refractivity contribution is 7.99. The van der Waals surface area contributed by atoms with Crippen LogP contribution in [0.25, 0.3) is 11.4 Å². The van der Waals surface area contributed by atoms with Gasteiger partial charge in [-0.15, -0.1) is 10.2 Å². The molecule has 1 aliphatic rings. The second-order valence-electron chi connectivity index (χ2n) is 6.77. The zero-order valence-corrected chi connectivity index (χ0v) is 18.3. The molecule has 0 amide bonds. The van der Waals surface area contributed by atoms with Gasteiger partial charge < -0.3 is 9.15 Å². The molecule has 2 aromatic heterocycles. The number of sulfonamides is 1. The van der Waals surface area contributed by atoms with E-state index in [1.807, 2.05) is 16.7 Å². The summed E-state index contributed by atoms with van der Waals surface area (Å²) in [5.74, 6) is 1.84. The minimum absolute atomic E-state index is 0.207. The van der Waals surface area contributed by atoms with Crippen molar-refractivity contribution in [2.45, 2.75) is 23.0 Å². The maximum atomic E-state index is 13.1. The summed E-state index contributed by atoms with van der Waals surface area (Å²) in [5, 5.41) is 18.1. The van der Waals surface area contributed by atoms with Crippen LogP contribution in [0.5, 0.6) is 0 Å². The Balaban J connectivity index is 1.69. The van der Waals surface area contributed by atoms with Gasteiger partial charge in [-0.25, -0.2) is 8.42 Å². The predicted octanol–water partition coefficient (Wildman–Crippen LogP) is 2.61. The summed E-state index contributed by atoms with van der Waals surface area (Å²) in [5.41, 5.74) is 0.639. The fourth-order valence-electron chi connectivity index (χ4n) is 3.23. The largest absolute Gasteiger partial charge is 0.467 e. The Labute approximate surface area is 184 Å². The Bertz CT molecular complexity index is 1160. The first-order chi connectivity index (χ1) is 15.1. The van der Waals surface area contributed by atoms with E-state index < -0.39 is 10.0 Å². The molecule has 1 fully saturated rings. The zero-order valence-electron chi connectivity index (χ0n) is 16.7. The Kier molecular flexibility index (Phi) is 6.72. The van der Waals surface area contributed by atoms with E-state index in [0.717, 1.165) is 5.76 Å². The monoisotopic (exact) mass is 459 g/mol. The summed E-state index contributed by atoms with van der Waals surface area (Å²) in [4.78, 5) is 0.207. The number of benzene rings is 1. The number of rotatable bonds is 8. The molecule has 9 nitrogen and oxygen atoms in total. The standard InChI is InChI=1S/C20H21N5O4S2/c21-7-3-13-30-20-23-22-19(25(20)15-17-5-2-10-29-17)16-4-1-6-18(14-16)31(26,27)24-8-11-28-12-9-24/h1-2,4-6,10,14H,3,8-9,11-13,15H2. The van der Waals surface area contributed by atoms with Gasteiger partial charge in [0.1, 0.15) is 5.76 Å². The topological polar surface area (TPSA) is 114 Å². The van der Waals surface area contributed by atoms with Crippen molar-refractivity contribution in [2.75, 3.05) is 32.1 Å². The van der Waals surface area contributed by atoms with E-state index in [1.54, 1.807) is 30.5 Å². The van der Waals surface area contributed by atoms with Gasteiger partial charge in [0.05, 0.1) is 37.0 Å². The van der Waals surface area contributed by atoms with Gasteiger partial charge in [0.15, 0.2) is 11.0 Å². The number of ether oxygens (including phenoxy) is 1. The lowest BCUT2D eigenvalue weighted by Gasteiger charge is -2.26. The van der Waals surface area contributed by atoms with E-state index >= 15 is 0 Å². The van der Waals surface area contributed by atoms with E-state index in [-0.39, 0.29) is 4.90 Å². The summed E-state index contributed by atoms with van der Waals surface area (Å²) in [6, 6.07) is 12.5. The van der Waals surface area contributed by atoms with Crippen LogP contribution in [0.15, 0.2) is 57.1 Å². The fraction of sp³-hybridized carbons (Fsp3) is 0.350. The second-order valence-corrected chi connectivity index (χ2v) is 9.77. The van der Waals surface area contributed by atoms with Crippen molar-refractivity contribution in [3.8, 4) is 17.5 Å². The van der Waals surface area contributed by atoms with E-state index in [9.17, 15) is 8.42 Å². The van der Waals surface area contributed by atoms with Gasteiger partial charge in [-0.1, -0.05) is 23.9 Å². The highest BCUT2D eigenvalue weighted by Crippen LogP contribution is 2.28. The third kappa shape index (κ3) is 4.83. The minimum atomic E-state index is -3.63. The molecule has 11 heteroatoms. The van der Waals surface area contributed by atoms with Crippen molar-refractivity contribution in [3.63, 3.8) is 0 Å². The van der Waals surface area contributed by atoms with Crippen LogP contribution in [0.1, 0.15) is 12.2 Å². The van der Waals surface area contributed by atoms with E-state index in [2.05, 4.69) is 16.3 Å². The average molecular weight is 460 g/mol. The summed E-state index contributed by atoms with van der Waals surface area (Å²) in [7, 11) is -3.63. The third-order valence-electron chi connectivity index (χ3n) is 4.76. The minimum Gasteiger partial charge on any atom is -0.467 e. The highest BCUT2D eigenvalue weighted by atomic mass is 32.2. The van der Waals surface area contributed by atoms with Crippen LogP contribution in [0.4, 0.5) is 0 Å². The van der Waals surface area contributed by atoms with Crippen LogP contribution < -0.4 is 0 Å². The van der Waals surface area contributed by atoms with Gasteiger partial charge in [-0.05, 0) is 24.3 Å². The molecule has 0 radical (unpaired) electrons. The van der Waals surface area contributed by atoms with Crippen LogP contribution >= 0.6 is 11.8 Å². The molecule has 0 bridgehead atoms. The number of furan rings is 1. The zero-order chi connectivity index (χ0) is 21.7. The molecular formula is C20H21N5O4S2. The predicted molar refractivity (Wildman–Crippen MR) is 114 cm³/mol. The Hall–Kier alpha value is -2.65. The molecule has 0 N–H and O–H groups in total. The molecule has 0 aliphatic carbocycles. The summed E-state index contributed by atoms with van der Waals surface area (Å²) < 4.78 is 40.2. The van der Waals surface area contributed by atoms with Gasteiger partial charge in [0, 0.05) is 30.8 Å². The smallest absolute Gasteiger partial charge is 0.243 e. The van der Waals surface area contributed by atoms with Crippen molar-refractivity contribution >= 4 is 21.8 Å². The Morgan fingerprint density at radius 3 is 2.74 bits per heavy atom. The van der Waals surface area contributed by atoms with E-state index in [0.29, 0.717) is 61.6 Å². The van der Waals surface area contributed by atoms with Crippen molar-refractivity contribution in [1.29, 1.82) is 5.26 Å². The van der Waals surface area contributed by atoms with Gasteiger partial charge in [0.2, 0.25) is 10.0 Å². The normalized spacial score (nSPS) is 15.1. The van der Waals surface area contributed by atoms with Crippen molar-refractivity contribution < 1.29 is 17.6 Å². The van der Waals surface area contributed by atoms with Crippen molar-refractivity contribution in [3.05, 3.63) is 48.4 Å². The molecule has 162 valence electrons. The molecule has 4 rings (SSSR count). The maximum Gasteiger partial charge on any atom is 0.243 e. The van der Waals surface area contributed by atoms with Crippen LogP contribution in [-0.4, -0.2) is 59.5 Å². The van der Waals surface area contributed by atoms with Crippen LogP contribution in [0, 0.1) is 11.3 Å². The van der Waals surface area contributed by atoms with Crippen molar-refractivity contribution in [1.82, 2.24) is 19.1 Å². The molecule has 1 aromatic carbocycles. The van der Waals surface area contributed by atoms with E-state index in [1.165, 1.54) is 16.1 Å². The summed E-state index contributed by atoms with van der Waals surface area (Å²) in [6.45, 7) is 1.84. The average Bonchev–Trinajstić information content (AvgIpc) is 3.45. The molecule has 31 heavy (non-hydrogen) atoms. The Morgan fingerprint density at radius 2 is 2.00 bits per heavy atom. The van der Waals surface area contributed by atoms with Gasteiger partial charge in [0.25, 0.3) is 0 Å². The molecule has 0 atom stereocenters. The Morgan fingerprint density at radius 1 is 1.16 bits per heavy atom.